The van der Waals surface area contributed by atoms with E-state index in [1.165, 1.54) is 12.2 Å². The number of hydrogen-bond donors (Lipinski definition) is 1. The Bertz CT molecular complexity index is 420. The molecule has 1 aromatic carbocycles. The smallest absolute Gasteiger partial charge is 0.205 e. The Kier molecular flexibility index (Phi) is 3.52. The molecule has 3 nitrogen and oxygen atoms in total. The lowest BCUT2D eigenvalue weighted by atomic mass is 10.0. The van der Waals surface area contributed by atoms with Crippen molar-refractivity contribution in [3.63, 3.8) is 0 Å². The molecule has 0 atom stereocenters. The van der Waals surface area contributed by atoms with Gasteiger partial charge >= 0.3 is 0 Å². The average molecular weight is 230 g/mol. The molecule has 17 heavy (non-hydrogen) atoms. The van der Waals surface area contributed by atoms with Gasteiger partial charge in [0.15, 0.2) is 0 Å². The van der Waals surface area contributed by atoms with Gasteiger partial charge in [-0.1, -0.05) is 42.5 Å². The maximum absolute atomic E-state index is 10.5. The summed E-state index contributed by atoms with van der Waals surface area (Å²) in [7, 11) is 0. The fraction of sp³-hybridized carbons (Fsp3) is 0.214. The zero-order valence-electron chi connectivity index (χ0n) is 9.32. The van der Waals surface area contributed by atoms with Crippen molar-refractivity contribution in [1.29, 1.82) is 0 Å². The van der Waals surface area contributed by atoms with Crippen LogP contribution in [-0.2, 0) is 16.1 Å². The van der Waals surface area contributed by atoms with Gasteiger partial charge in [-0.05, 0) is 17.7 Å². The first-order chi connectivity index (χ1) is 8.22. The predicted molar refractivity (Wildman–Crippen MR) is 64.0 cm³/mol. The molecule has 0 fully saturated rings. The van der Waals surface area contributed by atoms with E-state index in [4.69, 9.17) is 4.74 Å². The minimum absolute atomic E-state index is 0.268. The maximum Gasteiger partial charge on any atom is 0.205 e. The zero-order valence-corrected chi connectivity index (χ0v) is 9.32. The zero-order chi connectivity index (χ0) is 12.1. The van der Waals surface area contributed by atoms with Gasteiger partial charge in [0.25, 0.3) is 0 Å². The number of allylic oxidation sites excluding steroid dienone is 2. The molecule has 0 aliphatic heterocycles. The van der Waals surface area contributed by atoms with Gasteiger partial charge in [0.1, 0.15) is 6.29 Å². The first kappa shape index (κ1) is 11.8. The van der Waals surface area contributed by atoms with E-state index in [1.807, 2.05) is 30.3 Å². The summed E-state index contributed by atoms with van der Waals surface area (Å²) in [5, 5.41) is 10.0. The van der Waals surface area contributed by atoms with E-state index in [-0.39, 0.29) is 5.92 Å². The van der Waals surface area contributed by atoms with Crippen LogP contribution in [0.25, 0.3) is 0 Å². The van der Waals surface area contributed by atoms with Crippen LogP contribution in [0.15, 0.2) is 54.6 Å². The van der Waals surface area contributed by atoms with Crippen LogP contribution in [0.2, 0.25) is 0 Å². The highest BCUT2D eigenvalue weighted by Gasteiger charge is 2.24. The summed E-state index contributed by atoms with van der Waals surface area (Å²) in [6.07, 6.45) is 7.05. The number of carbonyl (C=O) groups excluding carboxylic acids is 1. The van der Waals surface area contributed by atoms with Crippen molar-refractivity contribution in [1.82, 2.24) is 0 Å². The highest BCUT2D eigenvalue weighted by molar-refractivity contribution is 5.60. The van der Waals surface area contributed by atoms with Crippen molar-refractivity contribution in [2.24, 2.45) is 5.92 Å². The Labute approximate surface area is 100 Å². The molecular formula is C14H14O3. The van der Waals surface area contributed by atoms with E-state index in [1.54, 1.807) is 12.2 Å². The second kappa shape index (κ2) is 5.08. The van der Waals surface area contributed by atoms with Crippen molar-refractivity contribution in [2.45, 2.75) is 12.4 Å². The Morgan fingerprint density at radius 2 is 1.88 bits per heavy atom. The fourth-order valence-electron chi connectivity index (χ4n) is 1.58. The van der Waals surface area contributed by atoms with Gasteiger partial charge in [-0.3, -0.25) is 0 Å². The molecule has 0 saturated heterocycles. The minimum atomic E-state index is -1.41. The lowest BCUT2D eigenvalue weighted by molar-refractivity contribution is -0.140. The van der Waals surface area contributed by atoms with Gasteiger partial charge in [-0.15, -0.1) is 0 Å². The third-order valence-electron chi connectivity index (χ3n) is 2.58. The average Bonchev–Trinajstić information content (AvgIpc) is 2.39. The molecule has 0 radical (unpaired) electrons. The third-order valence-corrected chi connectivity index (χ3v) is 2.58. The van der Waals surface area contributed by atoms with Gasteiger partial charge < -0.3 is 14.6 Å². The summed E-state index contributed by atoms with van der Waals surface area (Å²) in [4.78, 5) is 10.5. The fourth-order valence-corrected chi connectivity index (χ4v) is 1.58. The molecule has 0 saturated carbocycles. The Hall–Kier alpha value is -1.71. The standard InChI is InChI=1S/C14H14O3/c15-10-12-6-8-14(16,9-7-12)17-11-13-4-2-1-3-5-13/h1-10,12,16H,11H2. The second-order valence-corrected chi connectivity index (χ2v) is 3.96. The molecule has 1 aliphatic rings. The Morgan fingerprint density at radius 3 is 2.47 bits per heavy atom. The van der Waals surface area contributed by atoms with Crippen molar-refractivity contribution in [3.8, 4) is 0 Å². The summed E-state index contributed by atoms with van der Waals surface area (Å²) in [6.45, 7) is 0.317. The van der Waals surface area contributed by atoms with E-state index in [9.17, 15) is 9.90 Å². The molecule has 0 unspecified atom stereocenters. The number of benzene rings is 1. The molecule has 2 rings (SSSR count). The van der Waals surface area contributed by atoms with Crippen LogP contribution in [-0.4, -0.2) is 17.2 Å². The number of carbonyl (C=O) groups is 1. The Balaban J connectivity index is 1.96. The first-order valence-corrected chi connectivity index (χ1v) is 5.46. The summed E-state index contributed by atoms with van der Waals surface area (Å²) in [5.74, 6) is -1.68. The van der Waals surface area contributed by atoms with E-state index < -0.39 is 5.79 Å². The van der Waals surface area contributed by atoms with Crippen molar-refractivity contribution in [2.75, 3.05) is 0 Å². The molecule has 3 heteroatoms. The largest absolute Gasteiger partial charge is 0.359 e. The summed E-state index contributed by atoms with van der Waals surface area (Å²) in [5.41, 5.74) is 0.986. The second-order valence-electron chi connectivity index (χ2n) is 3.96. The maximum atomic E-state index is 10.5. The molecule has 1 aliphatic carbocycles. The molecule has 0 amide bonds. The number of aliphatic hydroxyl groups is 1. The van der Waals surface area contributed by atoms with Crippen molar-refractivity contribution < 1.29 is 14.6 Å². The van der Waals surface area contributed by atoms with E-state index in [0.717, 1.165) is 11.8 Å². The number of hydrogen-bond acceptors (Lipinski definition) is 3. The molecule has 1 N–H and O–H groups in total. The lowest BCUT2D eigenvalue weighted by Gasteiger charge is -2.24. The summed E-state index contributed by atoms with van der Waals surface area (Å²) < 4.78 is 5.42. The molecule has 0 aromatic heterocycles. The normalized spacial score (nSPS) is 27.0. The van der Waals surface area contributed by atoms with Crippen LogP contribution in [0.5, 0.6) is 0 Å². The van der Waals surface area contributed by atoms with Crippen LogP contribution in [0.1, 0.15) is 5.56 Å². The number of ether oxygens (including phenoxy) is 1. The van der Waals surface area contributed by atoms with Gasteiger partial charge in [0, 0.05) is 0 Å². The lowest BCUT2D eigenvalue weighted by Crippen LogP contribution is -2.29. The summed E-state index contributed by atoms with van der Waals surface area (Å²) in [6, 6.07) is 9.60. The topological polar surface area (TPSA) is 46.5 Å². The molecule has 0 heterocycles. The predicted octanol–water partition coefficient (Wildman–Crippen LogP) is 1.83. The number of rotatable bonds is 4. The monoisotopic (exact) mass is 230 g/mol. The van der Waals surface area contributed by atoms with Gasteiger partial charge in [0.2, 0.25) is 5.79 Å². The van der Waals surface area contributed by atoms with Crippen LogP contribution in [0, 0.1) is 5.92 Å². The van der Waals surface area contributed by atoms with Crippen molar-refractivity contribution in [3.05, 3.63) is 60.2 Å². The van der Waals surface area contributed by atoms with E-state index in [0.29, 0.717) is 6.61 Å². The Morgan fingerprint density at radius 1 is 1.24 bits per heavy atom. The van der Waals surface area contributed by atoms with Crippen LogP contribution < -0.4 is 0 Å². The molecule has 0 spiro atoms. The van der Waals surface area contributed by atoms with Gasteiger partial charge in [-0.25, -0.2) is 0 Å². The summed E-state index contributed by atoms with van der Waals surface area (Å²) >= 11 is 0. The van der Waals surface area contributed by atoms with Gasteiger partial charge in [0.05, 0.1) is 12.5 Å². The molecular weight excluding hydrogens is 216 g/mol. The minimum Gasteiger partial charge on any atom is -0.359 e. The van der Waals surface area contributed by atoms with E-state index in [2.05, 4.69) is 0 Å². The van der Waals surface area contributed by atoms with E-state index >= 15 is 0 Å². The first-order valence-electron chi connectivity index (χ1n) is 5.46. The third kappa shape index (κ3) is 3.12. The highest BCUT2D eigenvalue weighted by atomic mass is 16.6. The molecule has 88 valence electrons. The molecule has 1 aromatic rings. The quantitative estimate of drug-likeness (QED) is 0.487. The molecule has 0 bridgehead atoms. The van der Waals surface area contributed by atoms with Crippen LogP contribution in [0.3, 0.4) is 0 Å². The SMILES string of the molecule is O=CC1C=CC(O)(OCc2ccccc2)C=C1. The van der Waals surface area contributed by atoms with Gasteiger partial charge in [-0.2, -0.15) is 0 Å². The van der Waals surface area contributed by atoms with Crippen molar-refractivity contribution >= 4 is 6.29 Å². The van der Waals surface area contributed by atoms with Crippen LogP contribution >= 0.6 is 0 Å². The number of aldehydes is 1. The highest BCUT2D eigenvalue weighted by Crippen LogP contribution is 2.20. The van der Waals surface area contributed by atoms with Crippen LogP contribution in [0.4, 0.5) is 0 Å².